The van der Waals surface area contributed by atoms with E-state index in [4.69, 9.17) is 0 Å². The molecule has 1 heteroatoms. The van der Waals surface area contributed by atoms with Gasteiger partial charge in [-0.05, 0) is 17.5 Å². The zero-order chi connectivity index (χ0) is 13.3. The fourth-order valence-electron chi connectivity index (χ4n) is 1.91. The molecule has 0 bridgehead atoms. The number of hydrogen-bond donors (Lipinski definition) is 0. The topological polar surface area (TPSA) is 0 Å². The van der Waals surface area contributed by atoms with Crippen molar-refractivity contribution >= 4 is 9.24 Å². The molecule has 1 aliphatic carbocycles. The Balaban J connectivity index is 0.000000224. The molecule has 0 saturated carbocycles. The van der Waals surface area contributed by atoms with Gasteiger partial charge >= 0.3 is 0 Å². The minimum Gasteiger partial charge on any atom is -0.125 e. The normalized spacial score (nSPS) is 12.3. The number of benzene rings is 2. The summed E-state index contributed by atoms with van der Waals surface area (Å²) < 4.78 is 0. The highest BCUT2D eigenvalue weighted by Gasteiger charge is 2.05. The third-order valence-corrected chi connectivity index (χ3v) is 3.74. The van der Waals surface area contributed by atoms with Crippen LogP contribution in [0, 0.1) is 0 Å². The van der Waals surface area contributed by atoms with Gasteiger partial charge in [0.2, 0.25) is 0 Å². The lowest BCUT2D eigenvalue weighted by Crippen LogP contribution is -1.90. The van der Waals surface area contributed by atoms with Crippen molar-refractivity contribution in [3.05, 3.63) is 96.1 Å². The van der Waals surface area contributed by atoms with Gasteiger partial charge in [-0.25, -0.2) is 0 Å². The van der Waals surface area contributed by atoms with Crippen LogP contribution in [0.1, 0.15) is 23.2 Å². The van der Waals surface area contributed by atoms with Crippen LogP contribution in [0.25, 0.3) is 0 Å². The standard InChI is InChI=1S/C13H13P.C5H6/c14-13(11-7-3-1-4-8-11)12-9-5-2-6-10-12;1-2-4-5-3-1/h1-10,13H,14H2;1-4H,5H2. The molecule has 96 valence electrons. The van der Waals surface area contributed by atoms with Crippen molar-refractivity contribution in [1.29, 1.82) is 0 Å². The first-order chi connectivity index (χ1) is 9.38. The van der Waals surface area contributed by atoms with E-state index in [9.17, 15) is 0 Å². The first-order valence-corrected chi connectivity index (χ1v) is 7.22. The van der Waals surface area contributed by atoms with Crippen molar-refractivity contribution in [3.63, 3.8) is 0 Å². The molecule has 1 unspecified atom stereocenters. The van der Waals surface area contributed by atoms with Crippen molar-refractivity contribution in [2.75, 3.05) is 0 Å². The summed E-state index contributed by atoms with van der Waals surface area (Å²) in [6.07, 6.45) is 9.50. The Bertz CT molecular complexity index is 477. The average molecular weight is 266 g/mol. The maximum Gasteiger partial charge on any atom is 0.0234 e. The summed E-state index contributed by atoms with van der Waals surface area (Å²) in [7, 11) is 2.89. The Morgan fingerprint density at radius 1 is 0.684 bits per heavy atom. The van der Waals surface area contributed by atoms with E-state index >= 15 is 0 Å². The maximum atomic E-state index is 2.89. The highest BCUT2D eigenvalue weighted by molar-refractivity contribution is 7.17. The van der Waals surface area contributed by atoms with Crippen molar-refractivity contribution in [2.45, 2.75) is 12.1 Å². The van der Waals surface area contributed by atoms with Gasteiger partial charge in [-0.15, -0.1) is 9.24 Å². The van der Waals surface area contributed by atoms with Gasteiger partial charge in [0, 0.05) is 5.66 Å². The van der Waals surface area contributed by atoms with Crippen LogP contribution in [-0.4, -0.2) is 0 Å². The van der Waals surface area contributed by atoms with Gasteiger partial charge in [0.25, 0.3) is 0 Å². The maximum absolute atomic E-state index is 2.89. The zero-order valence-electron chi connectivity index (χ0n) is 10.9. The molecule has 0 aromatic heterocycles. The number of hydrogen-bond acceptors (Lipinski definition) is 0. The monoisotopic (exact) mass is 266 g/mol. The molecule has 2 aromatic carbocycles. The van der Waals surface area contributed by atoms with E-state index in [1.54, 1.807) is 0 Å². The fraction of sp³-hybridized carbons (Fsp3) is 0.111. The van der Waals surface area contributed by atoms with Gasteiger partial charge in [0.15, 0.2) is 0 Å². The van der Waals surface area contributed by atoms with Crippen molar-refractivity contribution in [1.82, 2.24) is 0 Å². The summed E-state index contributed by atoms with van der Waals surface area (Å²) in [4.78, 5) is 0. The summed E-state index contributed by atoms with van der Waals surface area (Å²) in [5.74, 6) is 0. The predicted octanol–water partition coefficient (Wildman–Crippen LogP) is 5.15. The Hall–Kier alpha value is -1.65. The van der Waals surface area contributed by atoms with Gasteiger partial charge in [-0.1, -0.05) is 85.0 Å². The molecule has 0 saturated heterocycles. The first kappa shape index (κ1) is 13.8. The Labute approximate surface area is 118 Å². The molecule has 0 radical (unpaired) electrons. The molecule has 0 spiro atoms. The second-order valence-electron chi connectivity index (χ2n) is 4.39. The van der Waals surface area contributed by atoms with E-state index in [0.29, 0.717) is 5.66 Å². The van der Waals surface area contributed by atoms with Crippen molar-refractivity contribution in [2.24, 2.45) is 0 Å². The minimum absolute atomic E-state index is 0.400. The number of rotatable bonds is 2. The highest BCUT2D eigenvalue weighted by Crippen LogP contribution is 2.30. The van der Waals surface area contributed by atoms with Crippen molar-refractivity contribution < 1.29 is 0 Å². The molecule has 0 heterocycles. The summed E-state index contributed by atoms with van der Waals surface area (Å²) in [5, 5.41) is 0. The van der Waals surface area contributed by atoms with Gasteiger partial charge < -0.3 is 0 Å². The van der Waals surface area contributed by atoms with E-state index in [2.05, 4.69) is 82.1 Å². The smallest absolute Gasteiger partial charge is 0.0234 e. The molecule has 0 fully saturated rings. The quantitative estimate of drug-likeness (QED) is 0.659. The third kappa shape index (κ3) is 4.50. The van der Waals surface area contributed by atoms with Gasteiger partial charge in [-0.2, -0.15) is 0 Å². The molecule has 0 aliphatic heterocycles. The molecule has 0 nitrogen and oxygen atoms in total. The molecule has 0 N–H and O–H groups in total. The lowest BCUT2D eigenvalue weighted by molar-refractivity contribution is 1.16. The SMILES string of the molecule is C1=CCC=C1.PC(c1ccccc1)c1ccccc1. The van der Waals surface area contributed by atoms with Crippen LogP contribution >= 0.6 is 9.24 Å². The Morgan fingerprint density at radius 3 is 1.42 bits per heavy atom. The molecule has 0 amide bonds. The fourth-order valence-corrected chi connectivity index (χ4v) is 2.35. The molecule has 2 aromatic rings. The third-order valence-electron chi connectivity index (χ3n) is 2.97. The Morgan fingerprint density at radius 2 is 1.11 bits per heavy atom. The van der Waals surface area contributed by atoms with Gasteiger partial charge in [0.1, 0.15) is 0 Å². The predicted molar refractivity (Wildman–Crippen MR) is 87.3 cm³/mol. The van der Waals surface area contributed by atoms with E-state index < -0.39 is 0 Å². The van der Waals surface area contributed by atoms with Gasteiger partial charge in [-0.3, -0.25) is 0 Å². The van der Waals surface area contributed by atoms with Gasteiger partial charge in [0.05, 0.1) is 0 Å². The van der Waals surface area contributed by atoms with Crippen LogP contribution in [0.2, 0.25) is 0 Å². The van der Waals surface area contributed by atoms with Crippen LogP contribution in [0.4, 0.5) is 0 Å². The highest BCUT2D eigenvalue weighted by atomic mass is 31.0. The largest absolute Gasteiger partial charge is 0.125 e. The van der Waals surface area contributed by atoms with Crippen LogP contribution in [0.5, 0.6) is 0 Å². The molecule has 1 aliphatic rings. The van der Waals surface area contributed by atoms with Crippen molar-refractivity contribution in [3.8, 4) is 0 Å². The van der Waals surface area contributed by atoms with Crippen LogP contribution in [0.15, 0.2) is 85.0 Å². The van der Waals surface area contributed by atoms with E-state index in [0.717, 1.165) is 6.42 Å². The summed E-state index contributed by atoms with van der Waals surface area (Å²) in [6.45, 7) is 0. The second kappa shape index (κ2) is 7.71. The molecular weight excluding hydrogens is 247 g/mol. The number of allylic oxidation sites excluding steroid dienone is 4. The summed E-state index contributed by atoms with van der Waals surface area (Å²) in [5.41, 5.74) is 3.07. The molecule has 19 heavy (non-hydrogen) atoms. The van der Waals surface area contributed by atoms with Crippen LogP contribution in [-0.2, 0) is 0 Å². The van der Waals surface area contributed by atoms with E-state index in [-0.39, 0.29) is 0 Å². The molecule has 1 atom stereocenters. The average Bonchev–Trinajstić information content (AvgIpc) is 3.08. The second-order valence-corrected chi connectivity index (χ2v) is 5.06. The molecule has 3 rings (SSSR count). The minimum atomic E-state index is 0.400. The zero-order valence-corrected chi connectivity index (χ0v) is 12.1. The first-order valence-electron chi connectivity index (χ1n) is 6.55. The van der Waals surface area contributed by atoms with E-state index in [1.807, 2.05) is 12.1 Å². The molecular formula is C18H19P. The summed E-state index contributed by atoms with van der Waals surface area (Å²) >= 11 is 0. The van der Waals surface area contributed by atoms with Crippen LogP contribution < -0.4 is 0 Å². The van der Waals surface area contributed by atoms with Crippen LogP contribution in [0.3, 0.4) is 0 Å². The lowest BCUT2D eigenvalue weighted by Gasteiger charge is -2.11. The van der Waals surface area contributed by atoms with E-state index in [1.165, 1.54) is 11.1 Å². The lowest BCUT2D eigenvalue weighted by atomic mass is 10.0. The Kier molecular flexibility index (Phi) is 5.59. The summed E-state index contributed by atoms with van der Waals surface area (Å²) in [6, 6.07) is 21.0.